The Bertz CT molecular complexity index is 1070. The molecule has 11 heteroatoms. The van der Waals surface area contributed by atoms with Crippen LogP contribution in [0.1, 0.15) is 37.8 Å². The minimum atomic E-state index is -4.67. The Balaban J connectivity index is 2.01. The zero-order valence-corrected chi connectivity index (χ0v) is 15.0. The number of anilines is 3. The fourth-order valence-corrected chi connectivity index (χ4v) is 3.63. The topological polar surface area (TPSA) is 83.0 Å². The second kappa shape index (κ2) is 6.63. The van der Waals surface area contributed by atoms with Gasteiger partial charge in [-0.1, -0.05) is 11.3 Å². The number of hydrogen-bond acceptors (Lipinski definition) is 7. The van der Waals surface area contributed by atoms with E-state index in [2.05, 4.69) is 25.6 Å². The zero-order valence-electron chi connectivity index (χ0n) is 20.2. The molecule has 0 aromatic carbocycles. The molecule has 1 atom stereocenters. The quantitative estimate of drug-likeness (QED) is 0.812. The first-order chi connectivity index (χ1) is 15.0. The molecule has 1 aliphatic heterocycles. The average molecular weight is 406 g/mol. The Kier molecular flexibility index (Phi) is 3.16. The van der Waals surface area contributed by atoms with Gasteiger partial charge < -0.3 is 15.5 Å². The highest BCUT2D eigenvalue weighted by Gasteiger charge is 2.45. The van der Waals surface area contributed by atoms with Crippen molar-refractivity contribution in [1.82, 2.24) is 19.9 Å². The molecule has 3 rings (SSSR count). The van der Waals surface area contributed by atoms with E-state index in [0.29, 0.717) is 11.1 Å². The molecule has 0 saturated carbocycles. The van der Waals surface area contributed by atoms with Gasteiger partial charge in [0.2, 0.25) is 11.9 Å². The smallest absolute Gasteiger partial charge is 0.372 e. The van der Waals surface area contributed by atoms with Gasteiger partial charge in [0.15, 0.2) is 0 Å². The average Bonchev–Trinajstić information content (AvgIpc) is 3.21. The molecule has 2 aromatic heterocycles. The molecule has 0 aliphatic carbocycles. The minimum absolute atomic E-state index is 0.125. The van der Waals surface area contributed by atoms with Crippen LogP contribution in [0.25, 0.3) is 0 Å². The van der Waals surface area contributed by atoms with Gasteiger partial charge in [0.05, 0.1) is 11.1 Å². The molecule has 3 heterocycles. The van der Waals surface area contributed by atoms with Crippen molar-refractivity contribution in [3.8, 4) is 0 Å². The second-order valence-corrected chi connectivity index (χ2v) is 6.87. The molecule has 1 aliphatic rings. The number of likely N-dealkylation sites (tertiary alicyclic amines) is 1. The van der Waals surface area contributed by atoms with Crippen LogP contribution in [0.3, 0.4) is 0 Å². The summed E-state index contributed by atoms with van der Waals surface area (Å²) in [6, 6.07) is 0. The lowest BCUT2D eigenvalue weighted by Gasteiger charge is -2.18. The van der Waals surface area contributed by atoms with Crippen molar-refractivity contribution in [2.45, 2.75) is 31.8 Å². The molecule has 2 aromatic rings. The first-order valence-corrected chi connectivity index (χ1v) is 8.53. The maximum atomic E-state index is 13.1. The summed E-state index contributed by atoms with van der Waals surface area (Å²) in [6.45, 7) is -4.49. The normalized spacial score (nSPS) is 24.5. The van der Waals surface area contributed by atoms with Gasteiger partial charge in [0.25, 0.3) is 0 Å². The van der Waals surface area contributed by atoms with E-state index in [1.165, 1.54) is 14.0 Å². The third-order valence-electron chi connectivity index (χ3n) is 4.04. The Morgan fingerprint density at radius 3 is 2.78 bits per heavy atom. The van der Waals surface area contributed by atoms with Gasteiger partial charge in [0, 0.05) is 35.0 Å². The van der Waals surface area contributed by atoms with Gasteiger partial charge >= 0.3 is 6.18 Å². The van der Waals surface area contributed by atoms with Crippen molar-refractivity contribution in [3.05, 3.63) is 22.5 Å². The van der Waals surface area contributed by atoms with Crippen molar-refractivity contribution < 1.29 is 26.2 Å². The largest absolute Gasteiger partial charge is 0.421 e. The number of amides is 1. The van der Waals surface area contributed by atoms with Gasteiger partial charge in [-0.25, -0.2) is 9.97 Å². The van der Waals surface area contributed by atoms with E-state index in [-0.39, 0.29) is 34.6 Å². The van der Waals surface area contributed by atoms with Crippen LogP contribution in [-0.2, 0) is 16.4 Å². The van der Waals surface area contributed by atoms with Crippen LogP contribution < -0.4 is 10.6 Å². The summed E-state index contributed by atoms with van der Waals surface area (Å²) in [5.41, 5.74) is -2.98. The summed E-state index contributed by atoms with van der Waals surface area (Å²) in [5.74, 6) is -1.76. The van der Waals surface area contributed by atoms with E-state index in [0.717, 1.165) is 11.3 Å². The summed E-state index contributed by atoms with van der Waals surface area (Å²) < 4.78 is 85.7. The molecule has 1 saturated heterocycles. The Morgan fingerprint density at radius 1 is 1.41 bits per heavy atom. The van der Waals surface area contributed by atoms with Crippen molar-refractivity contribution in [2.75, 3.05) is 31.2 Å². The Labute approximate surface area is 166 Å². The first-order valence-electron chi connectivity index (χ1n) is 10.7. The summed E-state index contributed by atoms with van der Waals surface area (Å²) in [5, 5.41) is 5.12. The van der Waals surface area contributed by atoms with Crippen molar-refractivity contribution in [2.24, 2.45) is 0 Å². The first kappa shape index (κ1) is 12.9. The zero-order chi connectivity index (χ0) is 25.0. The molecule has 1 unspecified atom stereocenters. The van der Waals surface area contributed by atoms with Crippen molar-refractivity contribution in [1.29, 1.82) is 0 Å². The summed E-state index contributed by atoms with van der Waals surface area (Å²) in [7, 11) is 1.26. The number of aryl methyl sites for hydroxylation is 1. The molecule has 0 spiro atoms. The third kappa shape index (κ3) is 3.43. The molecular formula is C16H19F3N6OS. The lowest BCUT2D eigenvalue weighted by Crippen LogP contribution is -2.33. The maximum Gasteiger partial charge on any atom is 0.421 e. The van der Waals surface area contributed by atoms with Gasteiger partial charge in [-0.2, -0.15) is 18.2 Å². The number of alkyl halides is 3. The van der Waals surface area contributed by atoms with Crippen LogP contribution in [0.5, 0.6) is 0 Å². The molecule has 146 valence electrons. The standard InChI is InChI=1S/C16H19F3N6OS/c1-8-11(27-12(22-8)15(2)5-6-25(4)13(15)26)24-14-21-7-9(16(17,18)19)10(20-3)23-14/h7H,5-6H2,1-4H3,(H2,20,21,23,24)/i2D3,4D3. The Hall–Kier alpha value is -2.43. The minimum Gasteiger partial charge on any atom is -0.372 e. The van der Waals surface area contributed by atoms with E-state index in [1.807, 2.05) is 0 Å². The highest BCUT2D eigenvalue weighted by atomic mass is 32.1. The van der Waals surface area contributed by atoms with E-state index in [1.54, 1.807) is 0 Å². The monoisotopic (exact) mass is 406 g/mol. The number of rotatable bonds is 4. The van der Waals surface area contributed by atoms with E-state index in [9.17, 15) is 18.0 Å². The van der Waals surface area contributed by atoms with Crippen molar-refractivity contribution in [3.63, 3.8) is 0 Å². The van der Waals surface area contributed by atoms with E-state index in [4.69, 9.17) is 8.22 Å². The number of nitrogens with zero attached hydrogens (tertiary/aromatic N) is 4. The summed E-state index contributed by atoms with van der Waals surface area (Å²) >= 11 is 0.781. The molecule has 2 N–H and O–H groups in total. The number of hydrogen-bond donors (Lipinski definition) is 2. The van der Waals surface area contributed by atoms with Gasteiger partial charge in [-0.05, 0) is 20.2 Å². The Morgan fingerprint density at radius 2 is 2.19 bits per heavy atom. The number of halogens is 3. The molecule has 0 bridgehead atoms. The molecule has 0 radical (unpaired) electrons. The molecule has 1 amide bonds. The summed E-state index contributed by atoms with van der Waals surface area (Å²) in [4.78, 5) is 25.2. The van der Waals surface area contributed by atoms with Crippen LogP contribution in [0.15, 0.2) is 6.20 Å². The van der Waals surface area contributed by atoms with Crippen molar-refractivity contribution >= 4 is 34.0 Å². The third-order valence-corrected chi connectivity index (χ3v) is 5.27. The number of nitrogens with one attached hydrogen (secondary N) is 2. The number of carbonyl (C=O) groups excluding carboxylic acids is 1. The van der Waals surface area contributed by atoms with Crippen LogP contribution in [0, 0.1) is 6.92 Å². The van der Waals surface area contributed by atoms with Gasteiger partial charge in [0.1, 0.15) is 21.4 Å². The number of carbonyl (C=O) groups is 1. The van der Waals surface area contributed by atoms with Gasteiger partial charge in [-0.3, -0.25) is 4.79 Å². The van der Waals surface area contributed by atoms with Crippen LogP contribution in [-0.4, -0.2) is 46.3 Å². The summed E-state index contributed by atoms with van der Waals surface area (Å²) in [6.07, 6.45) is -4.36. The van der Waals surface area contributed by atoms with Gasteiger partial charge in [-0.15, -0.1) is 0 Å². The predicted octanol–water partition coefficient (Wildman–Crippen LogP) is 3.17. The van der Waals surface area contributed by atoms with E-state index < -0.39 is 42.7 Å². The molecular weight excluding hydrogens is 381 g/mol. The fraction of sp³-hybridized carbons (Fsp3) is 0.500. The highest BCUT2D eigenvalue weighted by molar-refractivity contribution is 7.16. The molecule has 1 fully saturated rings. The second-order valence-electron chi connectivity index (χ2n) is 5.87. The number of likely N-dealkylation sites (N-methyl/N-ethyl adjacent to an activating group) is 1. The lowest BCUT2D eigenvalue weighted by atomic mass is 9.90. The SMILES string of the molecule is [2H]C([2H])([2H])N1CCC(c2nc(C)c(Nc3ncc(C(F)(F)F)c(NC)n3)s2)(C([2H])([2H])[2H])C1=O. The molecule has 27 heavy (non-hydrogen) atoms. The fourth-order valence-electron chi connectivity index (χ4n) is 2.55. The number of aromatic nitrogens is 3. The van der Waals surface area contributed by atoms with Crippen LogP contribution in [0.2, 0.25) is 0 Å². The highest BCUT2D eigenvalue weighted by Crippen LogP contribution is 2.40. The number of thiazole rings is 1. The predicted molar refractivity (Wildman–Crippen MR) is 96.3 cm³/mol. The van der Waals surface area contributed by atoms with E-state index >= 15 is 0 Å². The molecule has 7 nitrogen and oxygen atoms in total. The van der Waals surface area contributed by atoms with Crippen LogP contribution in [0.4, 0.5) is 29.9 Å². The maximum absolute atomic E-state index is 13.1. The van der Waals surface area contributed by atoms with Crippen LogP contribution >= 0.6 is 11.3 Å². The lowest BCUT2D eigenvalue weighted by molar-refractivity contribution is -0.137.